The monoisotopic (exact) mass is 607 g/mol. The minimum absolute atomic E-state index is 0.00285. The molecule has 1 aliphatic rings. The zero-order valence-electron chi connectivity index (χ0n) is 25.2. The molecule has 230 valence electrons. The van der Waals surface area contributed by atoms with Gasteiger partial charge in [0.1, 0.15) is 18.4 Å². The Kier molecular flexibility index (Phi) is 11.0. The van der Waals surface area contributed by atoms with Crippen molar-refractivity contribution in [3.8, 4) is 0 Å². The van der Waals surface area contributed by atoms with Crippen LogP contribution in [0.4, 0.5) is 10.1 Å². The van der Waals surface area contributed by atoms with E-state index in [4.69, 9.17) is 0 Å². The first kappa shape index (κ1) is 32.2. The Morgan fingerprint density at radius 2 is 1.53 bits per heavy atom. The highest BCUT2D eigenvalue weighted by Gasteiger charge is 2.34. The third-order valence-corrected chi connectivity index (χ3v) is 9.19. The third kappa shape index (κ3) is 8.89. The van der Waals surface area contributed by atoms with Crippen molar-refractivity contribution in [2.24, 2.45) is 0 Å². The van der Waals surface area contributed by atoms with Gasteiger partial charge in [-0.15, -0.1) is 0 Å². The summed E-state index contributed by atoms with van der Waals surface area (Å²) >= 11 is 0. The molecule has 43 heavy (non-hydrogen) atoms. The fourth-order valence-corrected chi connectivity index (χ4v) is 6.40. The number of anilines is 1. The molecule has 1 atom stereocenters. The van der Waals surface area contributed by atoms with Crippen LogP contribution in [0.25, 0.3) is 0 Å². The Bertz CT molecular complexity index is 1470. The molecule has 0 aromatic heterocycles. The molecule has 0 bridgehead atoms. The van der Waals surface area contributed by atoms with E-state index in [1.54, 1.807) is 30.3 Å². The lowest BCUT2D eigenvalue weighted by Crippen LogP contribution is -2.55. The van der Waals surface area contributed by atoms with Crippen molar-refractivity contribution in [3.63, 3.8) is 0 Å². The molecule has 7 nitrogen and oxygen atoms in total. The minimum Gasteiger partial charge on any atom is -0.352 e. The molecule has 1 N–H and O–H groups in total. The first-order chi connectivity index (χ1) is 20.5. The van der Waals surface area contributed by atoms with Gasteiger partial charge in [-0.3, -0.25) is 13.9 Å². The van der Waals surface area contributed by atoms with Crippen LogP contribution in [-0.2, 0) is 32.6 Å². The second kappa shape index (κ2) is 14.6. The zero-order chi connectivity index (χ0) is 31.0. The molecule has 0 heterocycles. The lowest BCUT2D eigenvalue weighted by Gasteiger charge is -2.35. The van der Waals surface area contributed by atoms with Gasteiger partial charge in [0.25, 0.3) is 0 Å². The largest absolute Gasteiger partial charge is 0.352 e. The highest BCUT2D eigenvalue weighted by Crippen LogP contribution is 2.24. The normalized spacial score (nSPS) is 14.7. The van der Waals surface area contributed by atoms with Crippen molar-refractivity contribution >= 4 is 27.5 Å². The van der Waals surface area contributed by atoms with E-state index in [9.17, 15) is 22.4 Å². The Balaban J connectivity index is 1.72. The number of sulfonamides is 1. The maximum Gasteiger partial charge on any atom is 0.244 e. The second-order valence-electron chi connectivity index (χ2n) is 11.7. The van der Waals surface area contributed by atoms with Crippen LogP contribution >= 0.6 is 0 Å². The summed E-state index contributed by atoms with van der Waals surface area (Å²) in [6, 6.07) is 21.5. The number of carbonyl (C=O) groups is 2. The number of nitrogens with zero attached hydrogens (tertiary/aromatic N) is 2. The summed E-state index contributed by atoms with van der Waals surface area (Å²) < 4.78 is 42.0. The molecule has 0 aliphatic heterocycles. The van der Waals surface area contributed by atoms with Gasteiger partial charge in [-0.25, -0.2) is 12.8 Å². The number of rotatable bonds is 12. The molecule has 4 rings (SSSR count). The van der Waals surface area contributed by atoms with Crippen LogP contribution in [0, 0.1) is 5.82 Å². The van der Waals surface area contributed by atoms with Crippen LogP contribution in [-0.4, -0.2) is 50.0 Å². The number of hydrogen-bond donors (Lipinski definition) is 1. The number of halogens is 1. The van der Waals surface area contributed by atoms with Crippen LogP contribution in [0.1, 0.15) is 68.6 Å². The Morgan fingerprint density at radius 1 is 0.907 bits per heavy atom. The zero-order valence-corrected chi connectivity index (χ0v) is 26.0. The molecule has 0 unspecified atom stereocenters. The smallest absolute Gasteiger partial charge is 0.244 e. The molecule has 1 aliphatic carbocycles. The summed E-state index contributed by atoms with van der Waals surface area (Å²) in [4.78, 5) is 29.5. The van der Waals surface area contributed by atoms with Crippen LogP contribution in [0.2, 0.25) is 0 Å². The average molecular weight is 608 g/mol. The second-order valence-corrected chi connectivity index (χ2v) is 13.6. The molecule has 9 heteroatoms. The van der Waals surface area contributed by atoms with E-state index in [0.29, 0.717) is 5.69 Å². The maximum absolute atomic E-state index is 15.0. The first-order valence-electron chi connectivity index (χ1n) is 15.0. The van der Waals surface area contributed by atoms with Crippen molar-refractivity contribution in [1.29, 1.82) is 0 Å². The van der Waals surface area contributed by atoms with E-state index in [1.165, 1.54) is 11.0 Å². The Hall–Kier alpha value is -3.72. The summed E-state index contributed by atoms with van der Waals surface area (Å²) in [5, 5.41) is 3.15. The summed E-state index contributed by atoms with van der Waals surface area (Å²) in [6.45, 7) is 3.36. The highest BCUT2D eigenvalue weighted by atomic mass is 32.2. The topological polar surface area (TPSA) is 86.8 Å². The van der Waals surface area contributed by atoms with E-state index < -0.39 is 34.3 Å². The molecule has 3 aromatic carbocycles. The molecular weight excluding hydrogens is 565 g/mol. The van der Waals surface area contributed by atoms with Gasteiger partial charge in [-0.2, -0.15) is 0 Å². The number of carbonyl (C=O) groups excluding carboxylic acids is 2. The molecule has 0 spiro atoms. The average Bonchev–Trinajstić information content (AvgIpc) is 2.99. The fraction of sp³-hybridized carbons (Fsp3) is 0.412. The third-order valence-electron chi connectivity index (χ3n) is 8.05. The molecule has 1 fully saturated rings. The summed E-state index contributed by atoms with van der Waals surface area (Å²) in [5.41, 5.74) is 2.46. The van der Waals surface area contributed by atoms with Gasteiger partial charge in [-0.05, 0) is 48.1 Å². The van der Waals surface area contributed by atoms with Gasteiger partial charge in [0.15, 0.2) is 0 Å². The van der Waals surface area contributed by atoms with Crippen LogP contribution in [0.5, 0.6) is 0 Å². The summed E-state index contributed by atoms with van der Waals surface area (Å²) in [5.74, 6) is -1.18. The quantitative estimate of drug-likeness (QED) is 0.282. The van der Waals surface area contributed by atoms with Crippen molar-refractivity contribution in [3.05, 3.63) is 101 Å². The number of nitrogens with one attached hydrogen (secondary N) is 1. The molecule has 3 aromatic rings. The van der Waals surface area contributed by atoms with Crippen LogP contribution < -0.4 is 9.62 Å². The molecule has 0 saturated heterocycles. The summed E-state index contributed by atoms with van der Waals surface area (Å²) in [7, 11) is -3.88. The van der Waals surface area contributed by atoms with Crippen molar-refractivity contribution in [2.75, 3.05) is 17.1 Å². The SMILES string of the molecule is CC(C)c1ccc(N(CC(=O)N(Cc2ccccc2F)[C@@H](Cc2ccccc2)C(=O)NC2CCCCC2)S(C)(=O)=O)cc1. The fourth-order valence-electron chi connectivity index (χ4n) is 5.55. The van der Waals surface area contributed by atoms with Crippen molar-refractivity contribution in [2.45, 2.75) is 76.9 Å². The van der Waals surface area contributed by atoms with E-state index in [0.717, 1.165) is 53.8 Å². The van der Waals surface area contributed by atoms with Crippen molar-refractivity contribution < 1.29 is 22.4 Å². The number of hydrogen-bond acceptors (Lipinski definition) is 4. The van der Waals surface area contributed by atoms with E-state index in [-0.39, 0.29) is 36.4 Å². The predicted molar refractivity (Wildman–Crippen MR) is 169 cm³/mol. The highest BCUT2D eigenvalue weighted by molar-refractivity contribution is 7.92. The van der Waals surface area contributed by atoms with Gasteiger partial charge in [-0.1, -0.05) is 93.8 Å². The lowest BCUT2D eigenvalue weighted by atomic mass is 9.94. The Labute approximate surface area is 255 Å². The van der Waals surface area contributed by atoms with E-state index >= 15 is 0 Å². The van der Waals surface area contributed by atoms with Gasteiger partial charge in [0, 0.05) is 24.6 Å². The number of amides is 2. The number of benzene rings is 3. The van der Waals surface area contributed by atoms with E-state index in [1.807, 2.05) is 56.3 Å². The van der Waals surface area contributed by atoms with E-state index in [2.05, 4.69) is 5.32 Å². The first-order valence-corrected chi connectivity index (χ1v) is 16.8. The van der Waals surface area contributed by atoms with Crippen molar-refractivity contribution in [1.82, 2.24) is 10.2 Å². The Morgan fingerprint density at radius 3 is 2.14 bits per heavy atom. The molecule has 2 amide bonds. The van der Waals surface area contributed by atoms with Gasteiger partial charge in [0.2, 0.25) is 21.8 Å². The maximum atomic E-state index is 15.0. The van der Waals surface area contributed by atoms with Gasteiger partial charge < -0.3 is 10.2 Å². The molecule has 1 saturated carbocycles. The molecule has 0 radical (unpaired) electrons. The van der Waals surface area contributed by atoms with Gasteiger partial charge >= 0.3 is 0 Å². The van der Waals surface area contributed by atoms with Gasteiger partial charge in [0.05, 0.1) is 11.9 Å². The lowest BCUT2D eigenvalue weighted by molar-refractivity contribution is -0.140. The van der Waals surface area contributed by atoms with Crippen LogP contribution in [0.15, 0.2) is 78.9 Å². The predicted octanol–water partition coefficient (Wildman–Crippen LogP) is 5.80. The standard InChI is InChI=1S/C34H42FN3O4S/c1-25(2)27-18-20-30(21-19-27)38(43(3,41)42)24-33(39)37(23-28-14-10-11-17-31(28)35)32(22-26-12-6-4-7-13-26)34(40)36-29-15-8-5-9-16-29/h4,6-7,10-14,17-21,25,29,32H,5,8-9,15-16,22-24H2,1-3H3,(H,36,40)/t32-/m0/s1. The minimum atomic E-state index is -3.88. The van der Waals surface area contributed by atoms with Crippen LogP contribution in [0.3, 0.4) is 0 Å². The summed E-state index contributed by atoms with van der Waals surface area (Å²) in [6.07, 6.45) is 6.13. The molecular formula is C34H42FN3O4S.